The molecule has 1 atom stereocenters. The Morgan fingerprint density at radius 1 is 0.969 bits per heavy atom. The summed E-state index contributed by atoms with van der Waals surface area (Å²) in [6, 6.07) is 13.2. The minimum atomic E-state index is -3.51. The van der Waals surface area contributed by atoms with E-state index in [0.717, 1.165) is 5.69 Å². The molecule has 0 radical (unpaired) electrons. The number of benzene rings is 2. The fourth-order valence-electron chi connectivity index (χ4n) is 4.37. The topological polar surface area (TPSA) is 60.9 Å². The van der Waals surface area contributed by atoms with Gasteiger partial charge in [0, 0.05) is 50.0 Å². The van der Waals surface area contributed by atoms with Crippen molar-refractivity contribution in [2.24, 2.45) is 5.92 Å². The first-order valence-electron chi connectivity index (χ1n) is 10.8. The number of rotatable bonds is 5. The molecule has 0 N–H and O–H groups in total. The Kier molecular flexibility index (Phi) is 7.02. The molecule has 1 amide bonds. The van der Waals surface area contributed by atoms with Crippen LogP contribution in [0.15, 0.2) is 48.5 Å². The van der Waals surface area contributed by atoms with Crippen LogP contribution < -0.4 is 4.90 Å². The van der Waals surface area contributed by atoms with Crippen LogP contribution in [0, 0.1) is 11.7 Å². The summed E-state index contributed by atoms with van der Waals surface area (Å²) >= 11 is 5.89. The molecule has 0 aliphatic carbocycles. The number of amides is 1. The lowest BCUT2D eigenvalue weighted by atomic mass is 9.97. The lowest BCUT2D eigenvalue weighted by Crippen LogP contribution is -2.53. The Hall–Kier alpha value is -2.16. The third-order valence-corrected chi connectivity index (χ3v) is 8.24. The minimum absolute atomic E-state index is 0.0233. The first-order valence-corrected chi connectivity index (χ1v) is 12.8. The molecule has 2 aliphatic heterocycles. The number of carbonyl (C=O) groups excluding carboxylic acids is 1. The van der Waals surface area contributed by atoms with Gasteiger partial charge in [-0.15, -0.1) is 0 Å². The average Bonchev–Trinajstić information content (AvgIpc) is 2.81. The van der Waals surface area contributed by atoms with Crippen LogP contribution in [0.4, 0.5) is 10.1 Å². The number of sulfonamides is 1. The molecule has 0 bridgehead atoms. The van der Waals surface area contributed by atoms with Gasteiger partial charge in [0.25, 0.3) is 0 Å². The van der Waals surface area contributed by atoms with Crippen molar-refractivity contribution in [2.75, 3.05) is 44.2 Å². The van der Waals surface area contributed by atoms with E-state index in [1.807, 2.05) is 4.90 Å². The Bertz CT molecular complexity index is 1040. The number of halogens is 2. The summed E-state index contributed by atoms with van der Waals surface area (Å²) in [5.41, 5.74) is 1.62. The van der Waals surface area contributed by atoms with Crippen molar-refractivity contribution in [2.45, 2.75) is 18.6 Å². The van der Waals surface area contributed by atoms with Crippen LogP contribution in [0.25, 0.3) is 0 Å². The molecule has 2 fully saturated rings. The summed E-state index contributed by atoms with van der Waals surface area (Å²) in [7, 11) is -3.51. The molecule has 2 saturated heterocycles. The molecule has 32 heavy (non-hydrogen) atoms. The number of anilines is 1. The first-order chi connectivity index (χ1) is 15.3. The van der Waals surface area contributed by atoms with Gasteiger partial charge in [-0.2, -0.15) is 0 Å². The maximum absolute atomic E-state index is 13.2. The number of piperazine rings is 1. The second-order valence-electron chi connectivity index (χ2n) is 8.37. The zero-order valence-corrected chi connectivity index (χ0v) is 19.4. The number of nitrogens with zero attached hydrogens (tertiary/aromatic N) is 3. The van der Waals surface area contributed by atoms with Crippen LogP contribution >= 0.6 is 11.6 Å². The summed E-state index contributed by atoms with van der Waals surface area (Å²) < 4.78 is 40.5. The van der Waals surface area contributed by atoms with Crippen LogP contribution in [-0.4, -0.2) is 62.8 Å². The van der Waals surface area contributed by atoms with Crippen LogP contribution in [-0.2, 0) is 20.6 Å². The van der Waals surface area contributed by atoms with Gasteiger partial charge in [-0.1, -0.05) is 23.7 Å². The molecule has 9 heteroatoms. The lowest BCUT2D eigenvalue weighted by molar-refractivity contribution is -0.137. The van der Waals surface area contributed by atoms with Gasteiger partial charge >= 0.3 is 0 Å². The third-order valence-electron chi connectivity index (χ3n) is 6.17. The van der Waals surface area contributed by atoms with E-state index in [-0.39, 0.29) is 29.9 Å². The smallest absolute Gasteiger partial charge is 0.227 e. The zero-order chi connectivity index (χ0) is 22.7. The Morgan fingerprint density at radius 2 is 1.62 bits per heavy atom. The molecule has 172 valence electrons. The van der Waals surface area contributed by atoms with Gasteiger partial charge in [-0.3, -0.25) is 4.79 Å². The number of piperidine rings is 1. The van der Waals surface area contributed by atoms with Crippen LogP contribution in [0.3, 0.4) is 0 Å². The van der Waals surface area contributed by atoms with Gasteiger partial charge in [0.05, 0.1) is 11.7 Å². The van der Waals surface area contributed by atoms with E-state index in [9.17, 15) is 17.6 Å². The van der Waals surface area contributed by atoms with Crippen molar-refractivity contribution in [3.05, 3.63) is 64.9 Å². The zero-order valence-electron chi connectivity index (χ0n) is 17.8. The van der Waals surface area contributed by atoms with Crippen LogP contribution in [0.1, 0.15) is 18.4 Å². The quantitative estimate of drug-likeness (QED) is 0.659. The summed E-state index contributed by atoms with van der Waals surface area (Å²) in [6.07, 6.45) is 1.37. The van der Waals surface area contributed by atoms with Gasteiger partial charge in [0.2, 0.25) is 15.9 Å². The highest BCUT2D eigenvalue weighted by Crippen LogP contribution is 2.25. The molecule has 0 saturated carbocycles. The standard InChI is InChI=1S/C23H27ClFN3O3S/c24-20-5-3-18(4-6-20)17-32(30,31)28-11-1-2-19(16-28)23(29)27-14-12-26(13-15-27)22-9-7-21(25)8-10-22/h3-10,19H,1-2,11-17H2/t19-/m0/s1. The summed E-state index contributed by atoms with van der Waals surface area (Å²) in [6.45, 7) is 3.16. The molecule has 2 aromatic carbocycles. The Labute approximate surface area is 193 Å². The Balaban J connectivity index is 1.34. The number of carbonyl (C=O) groups is 1. The molecular weight excluding hydrogens is 453 g/mol. The van der Waals surface area contributed by atoms with Crippen molar-refractivity contribution in [3.63, 3.8) is 0 Å². The fourth-order valence-corrected chi connectivity index (χ4v) is 6.11. The van der Waals surface area contributed by atoms with Gasteiger partial charge in [-0.25, -0.2) is 17.1 Å². The monoisotopic (exact) mass is 479 g/mol. The van der Waals surface area contributed by atoms with Gasteiger partial charge in [0.15, 0.2) is 0 Å². The third kappa shape index (κ3) is 5.42. The van der Waals surface area contributed by atoms with Crippen molar-refractivity contribution in [3.8, 4) is 0 Å². The molecule has 4 rings (SSSR count). The van der Waals surface area contributed by atoms with Crippen LogP contribution in [0.5, 0.6) is 0 Å². The molecule has 2 heterocycles. The number of hydrogen-bond donors (Lipinski definition) is 0. The Morgan fingerprint density at radius 3 is 2.28 bits per heavy atom. The SMILES string of the molecule is O=C([C@H]1CCCN(S(=O)(=O)Cc2ccc(Cl)cc2)C1)N1CCN(c2ccc(F)cc2)CC1. The second kappa shape index (κ2) is 9.77. The van der Waals surface area contributed by atoms with Crippen molar-refractivity contribution in [1.29, 1.82) is 0 Å². The second-order valence-corrected chi connectivity index (χ2v) is 10.8. The number of hydrogen-bond acceptors (Lipinski definition) is 4. The minimum Gasteiger partial charge on any atom is -0.368 e. The van der Waals surface area contributed by atoms with Gasteiger partial charge < -0.3 is 9.80 Å². The molecule has 0 unspecified atom stereocenters. The highest BCUT2D eigenvalue weighted by molar-refractivity contribution is 7.88. The highest BCUT2D eigenvalue weighted by Gasteiger charge is 2.35. The molecule has 2 aromatic rings. The van der Waals surface area contributed by atoms with Crippen molar-refractivity contribution in [1.82, 2.24) is 9.21 Å². The van der Waals surface area contributed by atoms with E-state index in [1.54, 1.807) is 36.4 Å². The molecule has 6 nitrogen and oxygen atoms in total. The predicted octanol–water partition coefficient (Wildman–Crippen LogP) is 3.37. The lowest BCUT2D eigenvalue weighted by Gasteiger charge is -2.39. The van der Waals surface area contributed by atoms with Crippen LogP contribution in [0.2, 0.25) is 5.02 Å². The summed E-state index contributed by atoms with van der Waals surface area (Å²) in [5, 5.41) is 0.564. The maximum Gasteiger partial charge on any atom is 0.227 e. The predicted molar refractivity (Wildman–Crippen MR) is 124 cm³/mol. The van der Waals surface area contributed by atoms with Crippen molar-refractivity contribution < 1.29 is 17.6 Å². The van der Waals surface area contributed by atoms with Crippen molar-refractivity contribution >= 4 is 33.2 Å². The van der Waals surface area contributed by atoms with Gasteiger partial charge in [-0.05, 0) is 54.8 Å². The molecular formula is C23H27ClFN3O3S. The molecule has 2 aliphatic rings. The highest BCUT2D eigenvalue weighted by atomic mass is 35.5. The fraction of sp³-hybridized carbons (Fsp3) is 0.435. The molecule has 0 spiro atoms. The first kappa shape index (κ1) is 23.0. The summed E-state index contributed by atoms with van der Waals surface area (Å²) in [5.74, 6) is -0.659. The molecule has 0 aromatic heterocycles. The van der Waals surface area contributed by atoms with E-state index in [1.165, 1.54) is 16.4 Å². The van der Waals surface area contributed by atoms with E-state index in [0.29, 0.717) is 56.2 Å². The largest absolute Gasteiger partial charge is 0.368 e. The normalized spacial score (nSPS) is 20.4. The van der Waals surface area contributed by atoms with E-state index in [4.69, 9.17) is 11.6 Å². The van der Waals surface area contributed by atoms with E-state index in [2.05, 4.69) is 4.90 Å². The van der Waals surface area contributed by atoms with E-state index >= 15 is 0 Å². The van der Waals surface area contributed by atoms with Gasteiger partial charge in [0.1, 0.15) is 5.82 Å². The average molecular weight is 480 g/mol. The maximum atomic E-state index is 13.2. The van der Waals surface area contributed by atoms with E-state index < -0.39 is 10.0 Å². The summed E-state index contributed by atoms with van der Waals surface area (Å²) in [4.78, 5) is 17.1.